The molecule has 0 N–H and O–H groups in total. The van der Waals surface area contributed by atoms with Crippen LogP contribution in [0.3, 0.4) is 0 Å². The molecule has 17 heavy (non-hydrogen) atoms. The fraction of sp³-hybridized carbons (Fsp3) is 0.500. The molecule has 1 rings (SSSR count). The topological polar surface area (TPSA) is 23.6 Å². The highest BCUT2D eigenvalue weighted by molar-refractivity contribution is 5.94. The normalized spacial score (nSPS) is 10.6. The standard InChI is InChI=1S/C14H22N2O/c1-5-16(6-2)11-14(17)15(4)13-9-7-12(3)8-10-13/h7-10H,5-6,11H2,1-4H3. The first-order valence-corrected chi connectivity index (χ1v) is 6.14. The second-order valence-electron chi connectivity index (χ2n) is 4.25. The van der Waals surface area contributed by atoms with Gasteiger partial charge in [0.25, 0.3) is 0 Å². The molecule has 0 saturated carbocycles. The highest BCUT2D eigenvalue weighted by atomic mass is 16.2. The third-order valence-corrected chi connectivity index (χ3v) is 3.05. The minimum absolute atomic E-state index is 0.137. The van der Waals surface area contributed by atoms with Gasteiger partial charge in [-0.1, -0.05) is 31.5 Å². The average molecular weight is 234 g/mol. The first-order chi connectivity index (χ1) is 8.08. The van der Waals surface area contributed by atoms with Gasteiger partial charge in [0, 0.05) is 12.7 Å². The van der Waals surface area contributed by atoms with Crippen LogP contribution in [0.25, 0.3) is 0 Å². The van der Waals surface area contributed by atoms with E-state index in [-0.39, 0.29) is 5.91 Å². The molecule has 0 spiro atoms. The van der Waals surface area contributed by atoms with Gasteiger partial charge < -0.3 is 4.90 Å². The molecule has 0 atom stereocenters. The summed E-state index contributed by atoms with van der Waals surface area (Å²) in [7, 11) is 1.83. The summed E-state index contributed by atoms with van der Waals surface area (Å²) in [5.74, 6) is 0.137. The van der Waals surface area contributed by atoms with E-state index in [1.165, 1.54) is 5.56 Å². The van der Waals surface area contributed by atoms with Gasteiger partial charge in [-0.25, -0.2) is 0 Å². The van der Waals surface area contributed by atoms with Gasteiger partial charge in [0.1, 0.15) is 0 Å². The number of nitrogens with zero attached hydrogens (tertiary/aromatic N) is 2. The molecule has 3 nitrogen and oxygen atoms in total. The van der Waals surface area contributed by atoms with Crippen LogP contribution in [0.1, 0.15) is 19.4 Å². The molecular weight excluding hydrogens is 212 g/mol. The van der Waals surface area contributed by atoms with E-state index in [9.17, 15) is 4.79 Å². The van der Waals surface area contributed by atoms with Crippen molar-refractivity contribution in [1.29, 1.82) is 0 Å². The predicted molar refractivity (Wildman–Crippen MR) is 72.4 cm³/mol. The summed E-state index contributed by atoms with van der Waals surface area (Å²) in [6, 6.07) is 8.01. The number of aryl methyl sites for hydroxylation is 1. The van der Waals surface area contributed by atoms with Crippen LogP contribution in [0.5, 0.6) is 0 Å². The van der Waals surface area contributed by atoms with E-state index in [1.807, 2.05) is 38.2 Å². The number of likely N-dealkylation sites (N-methyl/N-ethyl adjacent to an activating group) is 2. The van der Waals surface area contributed by atoms with Gasteiger partial charge in [-0.2, -0.15) is 0 Å². The van der Waals surface area contributed by atoms with Crippen LogP contribution in [-0.4, -0.2) is 37.5 Å². The minimum Gasteiger partial charge on any atom is -0.314 e. The molecule has 0 aliphatic heterocycles. The Morgan fingerprint density at radius 3 is 2.12 bits per heavy atom. The molecule has 0 heterocycles. The van der Waals surface area contributed by atoms with E-state index in [0.29, 0.717) is 6.54 Å². The number of anilines is 1. The fourth-order valence-electron chi connectivity index (χ4n) is 1.66. The largest absolute Gasteiger partial charge is 0.314 e. The maximum atomic E-state index is 12.0. The van der Waals surface area contributed by atoms with Gasteiger partial charge in [0.05, 0.1) is 6.54 Å². The van der Waals surface area contributed by atoms with Crippen LogP contribution >= 0.6 is 0 Å². The van der Waals surface area contributed by atoms with Crippen LogP contribution in [0, 0.1) is 6.92 Å². The summed E-state index contributed by atoms with van der Waals surface area (Å²) in [4.78, 5) is 15.9. The molecule has 0 aliphatic rings. The van der Waals surface area contributed by atoms with Crippen molar-refractivity contribution in [3.8, 4) is 0 Å². The predicted octanol–water partition coefficient (Wildman–Crippen LogP) is 2.30. The van der Waals surface area contributed by atoms with Gasteiger partial charge in [-0.05, 0) is 32.1 Å². The van der Waals surface area contributed by atoms with Crippen LogP contribution in [0.2, 0.25) is 0 Å². The minimum atomic E-state index is 0.137. The molecule has 0 aliphatic carbocycles. The van der Waals surface area contributed by atoms with Crippen molar-refractivity contribution in [3.63, 3.8) is 0 Å². The van der Waals surface area contributed by atoms with Crippen molar-refractivity contribution in [2.75, 3.05) is 31.6 Å². The van der Waals surface area contributed by atoms with Gasteiger partial charge in [0.15, 0.2) is 0 Å². The zero-order chi connectivity index (χ0) is 12.8. The fourth-order valence-corrected chi connectivity index (χ4v) is 1.66. The molecule has 0 aromatic heterocycles. The summed E-state index contributed by atoms with van der Waals surface area (Å²) in [5, 5.41) is 0. The second kappa shape index (κ2) is 6.40. The number of rotatable bonds is 5. The molecule has 1 aromatic carbocycles. The lowest BCUT2D eigenvalue weighted by atomic mass is 10.2. The molecule has 1 amide bonds. The van der Waals surface area contributed by atoms with Crippen LogP contribution in [0.4, 0.5) is 5.69 Å². The van der Waals surface area contributed by atoms with Gasteiger partial charge in [-0.3, -0.25) is 9.69 Å². The lowest BCUT2D eigenvalue weighted by Crippen LogP contribution is -2.38. The first-order valence-electron chi connectivity index (χ1n) is 6.14. The molecule has 3 heteroatoms. The van der Waals surface area contributed by atoms with Crippen molar-refractivity contribution in [1.82, 2.24) is 4.90 Å². The molecule has 0 fully saturated rings. The molecule has 94 valence electrons. The molecule has 0 unspecified atom stereocenters. The number of carbonyl (C=O) groups is 1. The Labute approximate surface area is 104 Å². The summed E-state index contributed by atoms with van der Waals surface area (Å²) in [6.07, 6.45) is 0. The molecule has 1 aromatic rings. The van der Waals surface area contributed by atoms with Crippen molar-refractivity contribution >= 4 is 11.6 Å². The SMILES string of the molecule is CCN(CC)CC(=O)N(C)c1ccc(C)cc1. The highest BCUT2D eigenvalue weighted by Crippen LogP contribution is 2.13. The zero-order valence-corrected chi connectivity index (χ0v) is 11.2. The number of amides is 1. The summed E-state index contributed by atoms with van der Waals surface area (Å²) in [6.45, 7) is 8.48. The Morgan fingerprint density at radius 1 is 1.12 bits per heavy atom. The van der Waals surface area contributed by atoms with Gasteiger partial charge in [-0.15, -0.1) is 0 Å². The smallest absolute Gasteiger partial charge is 0.240 e. The van der Waals surface area contributed by atoms with E-state index in [1.54, 1.807) is 4.90 Å². The maximum Gasteiger partial charge on any atom is 0.240 e. The van der Waals surface area contributed by atoms with E-state index < -0.39 is 0 Å². The third kappa shape index (κ3) is 3.86. The number of benzene rings is 1. The maximum absolute atomic E-state index is 12.0. The van der Waals surface area contributed by atoms with Crippen molar-refractivity contribution < 1.29 is 4.79 Å². The Kier molecular flexibility index (Phi) is 5.16. The Balaban J connectivity index is 2.66. The van der Waals surface area contributed by atoms with E-state index >= 15 is 0 Å². The van der Waals surface area contributed by atoms with E-state index in [4.69, 9.17) is 0 Å². The quantitative estimate of drug-likeness (QED) is 0.780. The Hall–Kier alpha value is -1.35. The second-order valence-corrected chi connectivity index (χ2v) is 4.25. The average Bonchev–Trinajstić information content (AvgIpc) is 2.35. The third-order valence-electron chi connectivity index (χ3n) is 3.05. The number of carbonyl (C=O) groups excluding carboxylic acids is 1. The lowest BCUT2D eigenvalue weighted by Gasteiger charge is -2.23. The van der Waals surface area contributed by atoms with Crippen LogP contribution in [0.15, 0.2) is 24.3 Å². The zero-order valence-electron chi connectivity index (χ0n) is 11.2. The molecule has 0 radical (unpaired) electrons. The van der Waals surface area contributed by atoms with Gasteiger partial charge >= 0.3 is 0 Å². The summed E-state index contributed by atoms with van der Waals surface area (Å²) >= 11 is 0. The van der Waals surface area contributed by atoms with Crippen LogP contribution in [-0.2, 0) is 4.79 Å². The number of hydrogen-bond donors (Lipinski definition) is 0. The Bertz CT molecular complexity index is 355. The first kappa shape index (κ1) is 13.7. The molecule has 0 bridgehead atoms. The van der Waals surface area contributed by atoms with Gasteiger partial charge in [0.2, 0.25) is 5.91 Å². The number of hydrogen-bond acceptors (Lipinski definition) is 2. The van der Waals surface area contributed by atoms with Crippen LogP contribution < -0.4 is 4.90 Å². The molecular formula is C14H22N2O. The highest BCUT2D eigenvalue weighted by Gasteiger charge is 2.13. The molecule has 0 saturated heterocycles. The summed E-state index contributed by atoms with van der Waals surface area (Å²) in [5.41, 5.74) is 2.16. The summed E-state index contributed by atoms with van der Waals surface area (Å²) < 4.78 is 0. The lowest BCUT2D eigenvalue weighted by molar-refractivity contribution is -0.119. The Morgan fingerprint density at radius 2 is 1.65 bits per heavy atom. The monoisotopic (exact) mass is 234 g/mol. The van der Waals surface area contributed by atoms with Crippen molar-refractivity contribution in [2.45, 2.75) is 20.8 Å². The van der Waals surface area contributed by atoms with E-state index in [0.717, 1.165) is 18.8 Å². The van der Waals surface area contributed by atoms with Crippen molar-refractivity contribution in [3.05, 3.63) is 29.8 Å². The van der Waals surface area contributed by atoms with E-state index in [2.05, 4.69) is 18.7 Å². The van der Waals surface area contributed by atoms with Crippen molar-refractivity contribution in [2.24, 2.45) is 0 Å².